The molecule has 3 heterocycles. The molecular formula is C31H39N5O4S. The third kappa shape index (κ3) is 6.70. The fraction of sp³-hybridized carbons (Fsp3) is 0.452. The minimum absolute atomic E-state index is 0.0245. The van der Waals surface area contributed by atoms with Gasteiger partial charge >= 0.3 is 0 Å². The zero-order valence-electron chi connectivity index (χ0n) is 24.5. The Hall–Kier alpha value is -3.50. The maximum Gasteiger partial charge on any atom is 0.264 e. The molecule has 5 rings (SSSR count). The SMILES string of the molecule is Cc1cccc(C)c1-c1cc2nc(n1)NS(=O)(=O)c1cccc(c1)C(=O)N1CCN(CCCC(C)(C)C)C[C@@H]1CO2. The Labute approximate surface area is 243 Å². The van der Waals surface area contributed by atoms with Crippen molar-refractivity contribution >= 4 is 21.9 Å². The van der Waals surface area contributed by atoms with E-state index < -0.39 is 10.0 Å². The highest BCUT2D eigenvalue weighted by Gasteiger charge is 2.33. The number of sulfonamides is 1. The second-order valence-electron chi connectivity index (χ2n) is 12.2. The van der Waals surface area contributed by atoms with Crippen LogP contribution >= 0.6 is 0 Å². The van der Waals surface area contributed by atoms with Crippen molar-refractivity contribution in [3.05, 3.63) is 65.2 Å². The van der Waals surface area contributed by atoms with Gasteiger partial charge < -0.3 is 9.64 Å². The largest absolute Gasteiger partial charge is 0.475 e. The van der Waals surface area contributed by atoms with Crippen LogP contribution in [0.25, 0.3) is 11.3 Å². The first kappa shape index (κ1) is 29.0. The van der Waals surface area contributed by atoms with E-state index in [0.29, 0.717) is 24.3 Å². The lowest BCUT2D eigenvalue weighted by molar-refractivity contribution is 0.0320. The summed E-state index contributed by atoms with van der Waals surface area (Å²) in [5.41, 5.74) is 4.05. The van der Waals surface area contributed by atoms with Crippen molar-refractivity contribution in [3.63, 3.8) is 0 Å². The number of ether oxygens (including phenoxy) is 1. The summed E-state index contributed by atoms with van der Waals surface area (Å²) in [6.07, 6.45) is 2.19. The fourth-order valence-corrected chi connectivity index (χ4v) is 6.57. The summed E-state index contributed by atoms with van der Waals surface area (Å²) in [6.45, 7) is 13.8. The highest BCUT2D eigenvalue weighted by atomic mass is 32.2. The maximum absolute atomic E-state index is 13.7. The van der Waals surface area contributed by atoms with Crippen LogP contribution in [-0.2, 0) is 10.0 Å². The van der Waals surface area contributed by atoms with Crippen LogP contribution < -0.4 is 9.46 Å². The second kappa shape index (κ2) is 11.4. The summed E-state index contributed by atoms with van der Waals surface area (Å²) >= 11 is 0. The van der Waals surface area contributed by atoms with Gasteiger partial charge in [0.25, 0.3) is 15.9 Å². The molecule has 0 spiro atoms. The molecule has 218 valence electrons. The molecule has 2 aliphatic heterocycles. The molecule has 0 aliphatic carbocycles. The molecule has 1 aromatic heterocycles. The summed E-state index contributed by atoms with van der Waals surface area (Å²) in [5.74, 6) is -0.0442. The summed E-state index contributed by atoms with van der Waals surface area (Å²) < 4.78 is 35.5. The van der Waals surface area contributed by atoms with E-state index in [4.69, 9.17) is 4.74 Å². The van der Waals surface area contributed by atoms with Gasteiger partial charge in [0.05, 0.1) is 16.6 Å². The van der Waals surface area contributed by atoms with Gasteiger partial charge in [0.2, 0.25) is 11.8 Å². The number of nitrogens with one attached hydrogen (secondary N) is 1. The number of nitrogens with zero attached hydrogens (tertiary/aromatic N) is 4. The first-order valence-corrected chi connectivity index (χ1v) is 15.6. The van der Waals surface area contributed by atoms with Gasteiger partial charge in [-0.25, -0.2) is 18.1 Å². The minimum atomic E-state index is -4.07. The number of aryl methyl sites for hydroxylation is 2. The van der Waals surface area contributed by atoms with Crippen molar-refractivity contribution in [2.75, 3.05) is 37.5 Å². The molecule has 10 heteroatoms. The summed E-state index contributed by atoms with van der Waals surface area (Å²) in [6, 6.07) is 13.6. The number of hydrogen-bond acceptors (Lipinski definition) is 7. The van der Waals surface area contributed by atoms with E-state index in [2.05, 4.69) is 40.4 Å². The number of carbonyl (C=O) groups is 1. The van der Waals surface area contributed by atoms with E-state index in [9.17, 15) is 13.2 Å². The van der Waals surface area contributed by atoms with Crippen LogP contribution in [0.5, 0.6) is 5.88 Å². The third-order valence-corrected chi connectivity index (χ3v) is 9.04. The number of amides is 1. The number of piperazine rings is 1. The minimum Gasteiger partial charge on any atom is -0.475 e. The lowest BCUT2D eigenvalue weighted by atomic mass is 9.90. The van der Waals surface area contributed by atoms with E-state index in [-0.39, 0.29) is 40.7 Å². The number of aromatic nitrogens is 2. The van der Waals surface area contributed by atoms with Crippen molar-refractivity contribution in [1.29, 1.82) is 0 Å². The van der Waals surface area contributed by atoms with Crippen molar-refractivity contribution < 1.29 is 17.9 Å². The van der Waals surface area contributed by atoms with Gasteiger partial charge in [-0.15, -0.1) is 0 Å². The van der Waals surface area contributed by atoms with Crippen LogP contribution in [0.2, 0.25) is 0 Å². The molecule has 41 heavy (non-hydrogen) atoms. The summed E-state index contributed by atoms with van der Waals surface area (Å²) in [5, 5.41) is 0. The Morgan fingerprint density at radius 3 is 2.49 bits per heavy atom. The molecule has 9 nitrogen and oxygen atoms in total. The smallest absolute Gasteiger partial charge is 0.264 e. The monoisotopic (exact) mass is 577 g/mol. The average Bonchev–Trinajstić information content (AvgIpc) is 2.90. The first-order chi connectivity index (χ1) is 19.4. The van der Waals surface area contributed by atoms with Crippen LogP contribution in [0.15, 0.2) is 53.4 Å². The molecule has 4 bridgehead atoms. The molecule has 1 atom stereocenters. The summed E-state index contributed by atoms with van der Waals surface area (Å²) in [4.78, 5) is 26.9. The van der Waals surface area contributed by atoms with Crippen molar-refractivity contribution in [2.24, 2.45) is 5.41 Å². The molecule has 1 fully saturated rings. The molecular weight excluding hydrogens is 538 g/mol. The zero-order chi connectivity index (χ0) is 29.4. The first-order valence-electron chi connectivity index (χ1n) is 14.1. The third-order valence-electron chi connectivity index (χ3n) is 7.71. The fourth-order valence-electron chi connectivity index (χ4n) is 5.58. The van der Waals surface area contributed by atoms with Gasteiger partial charge in [-0.1, -0.05) is 45.0 Å². The number of hydrogen-bond donors (Lipinski definition) is 1. The van der Waals surface area contributed by atoms with Crippen LogP contribution in [0.3, 0.4) is 0 Å². The number of anilines is 1. The van der Waals surface area contributed by atoms with Crippen molar-refractivity contribution in [3.8, 4) is 17.1 Å². The van der Waals surface area contributed by atoms with E-state index in [1.54, 1.807) is 18.2 Å². The Kier molecular flexibility index (Phi) is 8.07. The molecule has 0 saturated carbocycles. The van der Waals surface area contributed by atoms with E-state index in [0.717, 1.165) is 42.6 Å². The lowest BCUT2D eigenvalue weighted by Gasteiger charge is -2.41. The van der Waals surface area contributed by atoms with Gasteiger partial charge in [0.15, 0.2) is 0 Å². The van der Waals surface area contributed by atoms with E-state index >= 15 is 0 Å². The van der Waals surface area contributed by atoms with Crippen LogP contribution in [0.1, 0.15) is 55.1 Å². The highest BCUT2D eigenvalue weighted by Crippen LogP contribution is 2.30. The predicted octanol–water partition coefficient (Wildman–Crippen LogP) is 4.91. The lowest BCUT2D eigenvalue weighted by Crippen LogP contribution is -2.57. The van der Waals surface area contributed by atoms with Gasteiger partial charge in [-0.3, -0.25) is 9.69 Å². The standard InChI is InChI=1S/C31H39N5O4S/c1-21-9-6-10-22(2)28(21)26-18-27-33-30(32-26)34-41(38,39)25-12-7-11-23(17-25)29(37)36-16-15-35(19-24(36)20-40-27)14-8-13-31(3,4)5/h6-7,9-12,17-18,24H,8,13-16,19-20H2,1-5H3,(H,32,33,34)/t24-/m1/s1. The van der Waals surface area contributed by atoms with Gasteiger partial charge in [0, 0.05) is 36.8 Å². The number of fused-ring (bicyclic) bond motifs is 5. The van der Waals surface area contributed by atoms with Gasteiger partial charge in [-0.05, 0) is 68.0 Å². The topological polar surface area (TPSA) is 105 Å². The second-order valence-corrected chi connectivity index (χ2v) is 13.9. The van der Waals surface area contributed by atoms with Crippen molar-refractivity contribution in [1.82, 2.24) is 19.8 Å². The number of benzene rings is 2. The summed E-state index contributed by atoms with van der Waals surface area (Å²) in [7, 11) is -4.07. The normalized spacial score (nSPS) is 19.2. The zero-order valence-corrected chi connectivity index (χ0v) is 25.3. The quantitative estimate of drug-likeness (QED) is 0.470. The molecule has 1 amide bonds. The van der Waals surface area contributed by atoms with Crippen LogP contribution in [0.4, 0.5) is 5.95 Å². The Bertz CT molecular complexity index is 1530. The molecule has 1 N–H and O–H groups in total. The van der Waals surface area contributed by atoms with Gasteiger partial charge in [0.1, 0.15) is 6.61 Å². The molecule has 0 unspecified atom stereocenters. The average molecular weight is 578 g/mol. The van der Waals surface area contributed by atoms with E-state index in [1.807, 2.05) is 36.9 Å². The van der Waals surface area contributed by atoms with Crippen molar-refractivity contribution in [2.45, 2.75) is 58.4 Å². The number of carbonyl (C=O) groups excluding carboxylic acids is 1. The van der Waals surface area contributed by atoms with Gasteiger partial charge in [-0.2, -0.15) is 4.98 Å². The molecule has 0 radical (unpaired) electrons. The maximum atomic E-state index is 13.7. The van der Waals surface area contributed by atoms with Crippen LogP contribution in [-0.4, -0.2) is 72.9 Å². The molecule has 1 saturated heterocycles. The Balaban J connectivity index is 1.53. The highest BCUT2D eigenvalue weighted by molar-refractivity contribution is 7.92. The molecule has 2 aromatic carbocycles. The molecule has 2 aliphatic rings. The Morgan fingerprint density at radius 1 is 1.02 bits per heavy atom. The molecule has 3 aromatic rings. The van der Waals surface area contributed by atoms with Crippen LogP contribution in [0, 0.1) is 19.3 Å². The predicted molar refractivity (Wildman–Crippen MR) is 160 cm³/mol. The number of rotatable bonds is 4. The van der Waals surface area contributed by atoms with E-state index in [1.165, 1.54) is 12.1 Å². The Morgan fingerprint density at radius 2 is 1.76 bits per heavy atom.